The van der Waals surface area contributed by atoms with E-state index in [1.807, 2.05) is 6.07 Å². The van der Waals surface area contributed by atoms with Crippen molar-refractivity contribution in [3.63, 3.8) is 0 Å². The minimum absolute atomic E-state index is 0.0437. The summed E-state index contributed by atoms with van der Waals surface area (Å²) in [5.74, 6) is -0.271. The summed E-state index contributed by atoms with van der Waals surface area (Å²) in [4.78, 5) is 16.0. The van der Waals surface area contributed by atoms with Gasteiger partial charge in [-0.25, -0.2) is 4.39 Å². The maximum absolute atomic E-state index is 13.2. The highest BCUT2D eigenvalue weighted by atomic mass is 35.5. The monoisotopic (exact) mass is 365 g/mol. The number of amides is 1. The first-order valence-electron chi connectivity index (χ1n) is 7.03. The Morgan fingerprint density at radius 2 is 2.21 bits per heavy atom. The first kappa shape index (κ1) is 16.5. The third kappa shape index (κ3) is 3.95. The lowest BCUT2D eigenvalue weighted by molar-refractivity contribution is -0.131. The number of hydrogen-bond acceptors (Lipinski definition) is 5. The predicted molar refractivity (Wildman–Crippen MR) is 89.0 cm³/mol. The first-order valence-corrected chi connectivity index (χ1v) is 8.22. The molecule has 0 radical (unpaired) electrons. The van der Waals surface area contributed by atoms with Crippen LogP contribution in [0.3, 0.4) is 0 Å². The normalized spacial score (nSPS) is 10.8. The number of thiophene rings is 1. The third-order valence-corrected chi connectivity index (χ3v) is 4.48. The van der Waals surface area contributed by atoms with E-state index in [0.717, 1.165) is 4.88 Å². The number of carbonyl (C=O) groups is 1. The molecule has 0 fully saturated rings. The van der Waals surface area contributed by atoms with E-state index in [0.29, 0.717) is 16.4 Å². The molecule has 0 bridgehead atoms. The van der Waals surface area contributed by atoms with Crippen molar-refractivity contribution in [1.29, 1.82) is 0 Å². The van der Waals surface area contributed by atoms with E-state index in [2.05, 4.69) is 15.4 Å². The van der Waals surface area contributed by atoms with E-state index in [-0.39, 0.29) is 24.1 Å². The van der Waals surface area contributed by atoms with Gasteiger partial charge in [-0.15, -0.1) is 21.5 Å². The number of rotatable bonds is 5. The molecule has 3 rings (SSSR count). The lowest BCUT2D eigenvalue weighted by Gasteiger charge is -2.15. The maximum atomic E-state index is 13.2. The summed E-state index contributed by atoms with van der Waals surface area (Å²) < 4.78 is 13.9. The Hall–Kier alpha value is -2.32. The van der Waals surface area contributed by atoms with Crippen molar-refractivity contribution in [2.45, 2.75) is 13.1 Å². The Bertz CT molecular complexity index is 865. The van der Waals surface area contributed by atoms with Crippen LogP contribution in [0.1, 0.15) is 4.88 Å². The molecule has 1 amide bonds. The molecular weight excluding hydrogens is 353 g/mol. The van der Waals surface area contributed by atoms with Crippen molar-refractivity contribution < 1.29 is 9.18 Å². The zero-order valence-electron chi connectivity index (χ0n) is 12.7. The van der Waals surface area contributed by atoms with Crippen molar-refractivity contribution >= 4 is 28.8 Å². The van der Waals surface area contributed by atoms with Gasteiger partial charge in [0.15, 0.2) is 0 Å². The summed E-state index contributed by atoms with van der Waals surface area (Å²) in [5.41, 5.74) is 0.510. The molecule has 0 N–H and O–H groups in total. The van der Waals surface area contributed by atoms with Crippen LogP contribution < -0.4 is 0 Å². The lowest BCUT2D eigenvalue weighted by atomic mass is 10.2. The first-order chi connectivity index (χ1) is 11.5. The second-order valence-electron chi connectivity index (χ2n) is 5.11. The van der Waals surface area contributed by atoms with Crippen molar-refractivity contribution in [2.75, 3.05) is 7.05 Å². The summed E-state index contributed by atoms with van der Waals surface area (Å²) >= 11 is 7.31. The highest BCUT2D eigenvalue weighted by Crippen LogP contribution is 2.22. The van der Waals surface area contributed by atoms with Gasteiger partial charge in [0.1, 0.15) is 12.4 Å². The fraction of sp³-hybridized carbons (Fsp3) is 0.200. The standard InChI is InChI=1S/C15H13ClFN5OS/c1-21(8-12-5-6-13(16)24-12)14(23)9-22-19-15(18-20-22)10-3-2-4-11(17)7-10/h2-7H,8-9H2,1H3. The van der Waals surface area contributed by atoms with Gasteiger partial charge < -0.3 is 4.90 Å². The van der Waals surface area contributed by atoms with E-state index in [1.54, 1.807) is 30.1 Å². The Labute approximate surface area is 146 Å². The van der Waals surface area contributed by atoms with Gasteiger partial charge in [-0.2, -0.15) is 4.80 Å². The van der Waals surface area contributed by atoms with Gasteiger partial charge in [0.25, 0.3) is 0 Å². The number of benzene rings is 1. The topological polar surface area (TPSA) is 63.9 Å². The smallest absolute Gasteiger partial charge is 0.246 e. The van der Waals surface area contributed by atoms with Gasteiger partial charge in [0.2, 0.25) is 11.7 Å². The van der Waals surface area contributed by atoms with E-state index >= 15 is 0 Å². The highest BCUT2D eigenvalue weighted by molar-refractivity contribution is 7.16. The molecule has 0 aliphatic rings. The van der Waals surface area contributed by atoms with Crippen LogP contribution >= 0.6 is 22.9 Å². The number of hydrogen-bond donors (Lipinski definition) is 0. The van der Waals surface area contributed by atoms with Crippen molar-refractivity contribution in [3.8, 4) is 11.4 Å². The molecule has 0 spiro atoms. The van der Waals surface area contributed by atoms with Crippen molar-refractivity contribution in [3.05, 3.63) is 51.4 Å². The van der Waals surface area contributed by atoms with E-state index in [1.165, 1.54) is 28.3 Å². The summed E-state index contributed by atoms with van der Waals surface area (Å²) in [6, 6.07) is 9.57. The van der Waals surface area contributed by atoms with E-state index in [4.69, 9.17) is 11.6 Å². The van der Waals surface area contributed by atoms with E-state index in [9.17, 15) is 9.18 Å². The summed E-state index contributed by atoms with van der Waals surface area (Å²) in [7, 11) is 1.69. The van der Waals surface area contributed by atoms with Crippen molar-refractivity contribution in [2.24, 2.45) is 0 Å². The molecule has 0 unspecified atom stereocenters. The molecule has 2 aromatic heterocycles. The Kier molecular flexibility index (Phi) is 4.86. The number of carbonyl (C=O) groups excluding carboxylic acids is 1. The quantitative estimate of drug-likeness (QED) is 0.697. The molecule has 0 aliphatic heterocycles. The molecule has 9 heteroatoms. The molecule has 0 atom stereocenters. The Balaban J connectivity index is 1.64. The zero-order chi connectivity index (χ0) is 17.1. The molecule has 1 aromatic carbocycles. The molecular formula is C15H13ClFN5OS. The van der Waals surface area contributed by atoms with Crippen LogP contribution in [0.2, 0.25) is 4.34 Å². The molecule has 24 heavy (non-hydrogen) atoms. The second-order valence-corrected chi connectivity index (χ2v) is 6.91. The summed E-state index contributed by atoms with van der Waals surface area (Å²) in [6.07, 6.45) is 0. The molecule has 124 valence electrons. The van der Waals surface area contributed by atoms with Crippen LogP contribution in [0.4, 0.5) is 4.39 Å². The highest BCUT2D eigenvalue weighted by Gasteiger charge is 2.14. The van der Waals surface area contributed by atoms with Gasteiger partial charge in [0.05, 0.1) is 10.9 Å². The van der Waals surface area contributed by atoms with Gasteiger partial charge in [0, 0.05) is 17.5 Å². The zero-order valence-corrected chi connectivity index (χ0v) is 14.3. The third-order valence-electron chi connectivity index (χ3n) is 3.26. The number of halogens is 2. The number of likely N-dealkylation sites (N-methyl/N-ethyl adjacent to an activating group) is 1. The van der Waals surface area contributed by atoms with Gasteiger partial charge >= 0.3 is 0 Å². The van der Waals surface area contributed by atoms with Crippen LogP contribution in [-0.2, 0) is 17.9 Å². The number of aromatic nitrogens is 4. The predicted octanol–water partition coefficient (Wildman–Crippen LogP) is 2.85. The van der Waals surface area contributed by atoms with Crippen LogP contribution in [0.25, 0.3) is 11.4 Å². The average molecular weight is 366 g/mol. The van der Waals surface area contributed by atoms with Crippen LogP contribution in [0, 0.1) is 5.82 Å². The Morgan fingerprint density at radius 3 is 2.92 bits per heavy atom. The lowest BCUT2D eigenvalue weighted by Crippen LogP contribution is -2.30. The summed E-state index contributed by atoms with van der Waals surface area (Å²) in [6.45, 7) is 0.416. The molecule has 3 aromatic rings. The van der Waals surface area contributed by atoms with Crippen LogP contribution in [-0.4, -0.2) is 38.1 Å². The minimum Gasteiger partial charge on any atom is -0.339 e. The number of tetrazole rings is 1. The maximum Gasteiger partial charge on any atom is 0.246 e. The molecule has 0 saturated carbocycles. The Morgan fingerprint density at radius 1 is 1.38 bits per heavy atom. The molecule has 6 nitrogen and oxygen atoms in total. The fourth-order valence-electron chi connectivity index (χ4n) is 2.05. The van der Waals surface area contributed by atoms with Gasteiger partial charge in [-0.3, -0.25) is 4.79 Å². The molecule has 0 aliphatic carbocycles. The largest absolute Gasteiger partial charge is 0.339 e. The number of nitrogens with zero attached hydrogens (tertiary/aromatic N) is 5. The fourth-order valence-corrected chi connectivity index (χ4v) is 3.19. The molecule has 2 heterocycles. The summed E-state index contributed by atoms with van der Waals surface area (Å²) in [5, 5.41) is 11.8. The van der Waals surface area contributed by atoms with Crippen molar-refractivity contribution in [1.82, 2.24) is 25.1 Å². The van der Waals surface area contributed by atoms with Gasteiger partial charge in [-0.1, -0.05) is 23.7 Å². The average Bonchev–Trinajstić information content (AvgIpc) is 3.16. The SMILES string of the molecule is CN(Cc1ccc(Cl)s1)C(=O)Cn1nnc(-c2cccc(F)c2)n1. The van der Waals surface area contributed by atoms with Gasteiger partial charge in [-0.05, 0) is 29.5 Å². The van der Waals surface area contributed by atoms with Crippen LogP contribution in [0.15, 0.2) is 36.4 Å². The molecule has 0 saturated heterocycles. The van der Waals surface area contributed by atoms with Crippen LogP contribution in [0.5, 0.6) is 0 Å². The van der Waals surface area contributed by atoms with E-state index < -0.39 is 0 Å². The second kappa shape index (κ2) is 7.06. The minimum atomic E-state index is -0.380.